The van der Waals surface area contributed by atoms with Crippen molar-refractivity contribution in [1.82, 2.24) is 14.8 Å². The van der Waals surface area contributed by atoms with Gasteiger partial charge >= 0.3 is 5.97 Å². The van der Waals surface area contributed by atoms with Crippen LogP contribution in [-0.4, -0.2) is 33.9 Å². The third kappa shape index (κ3) is 5.22. The lowest BCUT2D eigenvalue weighted by atomic mass is 9.94. The van der Waals surface area contributed by atoms with Gasteiger partial charge in [-0.25, -0.2) is 9.48 Å². The number of fused-ring (bicyclic) bond motifs is 1. The number of allylic oxidation sites excluding steroid dienone is 1. The average Bonchev–Trinajstić information content (AvgIpc) is 3.30. The van der Waals surface area contributed by atoms with Gasteiger partial charge in [-0.1, -0.05) is 60.6 Å². The van der Waals surface area contributed by atoms with Crippen molar-refractivity contribution in [3.8, 4) is 5.75 Å². The largest absolute Gasteiger partial charge is 0.497 e. The molecule has 5 rings (SSSR count). The summed E-state index contributed by atoms with van der Waals surface area (Å²) >= 11 is 1.57. The first-order valence-electron chi connectivity index (χ1n) is 12.1. The first-order valence-corrected chi connectivity index (χ1v) is 13.1. The Morgan fingerprint density at radius 3 is 2.69 bits per heavy atom. The van der Waals surface area contributed by atoms with E-state index in [0.717, 1.165) is 48.4 Å². The second kappa shape index (κ2) is 10.6. The van der Waals surface area contributed by atoms with Gasteiger partial charge in [0.1, 0.15) is 17.9 Å². The highest BCUT2D eigenvalue weighted by atomic mass is 32.2. The molecular weight excluding hydrogens is 460 g/mol. The number of rotatable bonds is 7. The molecule has 3 aromatic rings. The van der Waals surface area contributed by atoms with Gasteiger partial charge < -0.3 is 14.8 Å². The number of nitrogens with one attached hydrogen (secondary N) is 1. The molecule has 0 bridgehead atoms. The quantitative estimate of drug-likeness (QED) is 0.334. The van der Waals surface area contributed by atoms with Crippen LogP contribution in [0.3, 0.4) is 0 Å². The van der Waals surface area contributed by atoms with Gasteiger partial charge in [0.05, 0.1) is 12.7 Å². The molecule has 1 aliphatic carbocycles. The van der Waals surface area contributed by atoms with Gasteiger partial charge in [0.15, 0.2) is 0 Å². The van der Waals surface area contributed by atoms with Crippen LogP contribution in [0.5, 0.6) is 5.75 Å². The van der Waals surface area contributed by atoms with Crippen LogP contribution in [0.15, 0.2) is 71.0 Å². The number of anilines is 1. The zero-order valence-corrected chi connectivity index (χ0v) is 20.9. The number of esters is 1. The minimum atomic E-state index is -0.462. The molecule has 0 radical (unpaired) electrons. The third-order valence-corrected chi connectivity index (χ3v) is 7.41. The van der Waals surface area contributed by atoms with Crippen molar-refractivity contribution in [3.63, 3.8) is 0 Å². The molecule has 1 fully saturated rings. The van der Waals surface area contributed by atoms with Crippen molar-refractivity contribution in [1.29, 1.82) is 0 Å². The first-order chi connectivity index (χ1) is 17.1. The van der Waals surface area contributed by atoms with Gasteiger partial charge in [-0.15, -0.1) is 5.10 Å². The number of benzene rings is 2. The van der Waals surface area contributed by atoms with E-state index in [-0.39, 0.29) is 12.1 Å². The van der Waals surface area contributed by atoms with Crippen LogP contribution in [-0.2, 0) is 15.3 Å². The van der Waals surface area contributed by atoms with E-state index in [2.05, 4.69) is 17.4 Å². The van der Waals surface area contributed by atoms with E-state index in [1.165, 1.54) is 12.0 Å². The number of carbonyl (C=O) groups excluding carboxylic acids is 1. The molecule has 182 valence electrons. The minimum Gasteiger partial charge on any atom is -0.497 e. The van der Waals surface area contributed by atoms with Crippen LogP contribution in [0.25, 0.3) is 0 Å². The summed E-state index contributed by atoms with van der Waals surface area (Å²) in [4.78, 5) is 18.3. The molecule has 1 aliphatic heterocycles. The molecule has 1 atom stereocenters. The van der Waals surface area contributed by atoms with E-state index in [1.54, 1.807) is 23.6 Å². The van der Waals surface area contributed by atoms with E-state index >= 15 is 0 Å². The van der Waals surface area contributed by atoms with Crippen molar-refractivity contribution in [3.05, 3.63) is 77.0 Å². The molecule has 2 aromatic carbocycles. The highest BCUT2D eigenvalue weighted by molar-refractivity contribution is 7.98. The second-order valence-corrected chi connectivity index (χ2v) is 9.89. The molecule has 7 nitrogen and oxygen atoms in total. The lowest BCUT2D eigenvalue weighted by Gasteiger charge is -2.30. The highest BCUT2D eigenvalue weighted by Gasteiger charge is 2.36. The zero-order valence-electron chi connectivity index (χ0n) is 20.1. The van der Waals surface area contributed by atoms with E-state index < -0.39 is 6.04 Å². The van der Waals surface area contributed by atoms with Gasteiger partial charge in [-0.05, 0) is 55.9 Å². The molecule has 1 unspecified atom stereocenters. The van der Waals surface area contributed by atoms with E-state index in [4.69, 9.17) is 19.6 Å². The van der Waals surface area contributed by atoms with Gasteiger partial charge in [0, 0.05) is 11.4 Å². The Balaban J connectivity index is 1.47. The van der Waals surface area contributed by atoms with Gasteiger partial charge in [-0.3, -0.25) is 0 Å². The zero-order chi connectivity index (χ0) is 24.2. The molecular formula is C27H30N4O3S. The molecule has 1 N–H and O–H groups in total. The van der Waals surface area contributed by atoms with E-state index in [0.29, 0.717) is 16.7 Å². The van der Waals surface area contributed by atoms with Crippen LogP contribution in [0.4, 0.5) is 5.95 Å². The smallest absolute Gasteiger partial charge is 0.338 e. The average molecular weight is 491 g/mol. The SMILES string of the molecule is COc1cccc(C2C(C(=O)OC3CCCCC3)=C(C)Nc3nc(SCc4ccccc4)nn32)c1. The molecule has 1 saturated carbocycles. The topological polar surface area (TPSA) is 78.3 Å². The first kappa shape index (κ1) is 23.5. The predicted octanol–water partition coefficient (Wildman–Crippen LogP) is 5.74. The fraction of sp³-hybridized carbons (Fsp3) is 0.370. The number of hydrogen-bond donors (Lipinski definition) is 1. The lowest BCUT2D eigenvalue weighted by molar-refractivity contribution is -0.146. The van der Waals surface area contributed by atoms with Crippen LogP contribution < -0.4 is 10.1 Å². The summed E-state index contributed by atoms with van der Waals surface area (Å²) in [7, 11) is 1.64. The van der Waals surface area contributed by atoms with Crippen molar-refractivity contribution >= 4 is 23.7 Å². The predicted molar refractivity (Wildman–Crippen MR) is 136 cm³/mol. The highest BCUT2D eigenvalue weighted by Crippen LogP contribution is 2.38. The summed E-state index contributed by atoms with van der Waals surface area (Å²) in [5.74, 6) is 1.80. The Kier molecular flexibility index (Phi) is 7.08. The van der Waals surface area contributed by atoms with Gasteiger partial charge in [0.2, 0.25) is 11.1 Å². The van der Waals surface area contributed by atoms with Gasteiger partial charge in [0.25, 0.3) is 0 Å². The second-order valence-electron chi connectivity index (χ2n) is 8.94. The van der Waals surface area contributed by atoms with E-state index in [1.807, 2.05) is 49.4 Å². The molecule has 8 heteroatoms. The fourth-order valence-corrected chi connectivity index (χ4v) is 5.48. The van der Waals surface area contributed by atoms with Crippen LogP contribution in [0.1, 0.15) is 56.2 Å². The monoisotopic (exact) mass is 490 g/mol. The van der Waals surface area contributed by atoms with E-state index in [9.17, 15) is 4.79 Å². The molecule has 0 spiro atoms. The maximum absolute atomic E-state index is 13.5. The fourth-order valence-electron chi connectivity index (χ4n) is 4.70. The van der Waals surface area contributed by atoms with Crippen LogP contribution in [0.2, 0.25) is 0 Å². The summed E-state index contributed by atoms with van der Waals surface area (Å²) in [5.41, 5.74) is 3.39. The van der Waals surface area contributed by atoms with Crippen molar-refractivity contribution in [2.45, 2.75) is 62.1 Å². The van der Waals surface area contributed by atoms with Gasteiger partial charge in [-0.2, -0.15) is 4.98 Å². The number of aromatic nitrogens is 3. The maximum atomic E-state index is 13.5. The number of hydrogen-bond acceptors (Lipinski definition) is 7. The molecule has 2 heterocycles. The minimum absolute atomic E-state index is 0.0309. The molecule has 2 aliphatic rings. The molecule has 0 saturated heterocycles. The Morgan fingerprint density at radius 1 is 1.11 bits per heavy atom. The van der Waals surface area contributed by atoms with Crippen molar-refractivity contribution < 1.29 is 14.3 Å². The molecule has 0 amide bonds. The Morgan fingerprint density at radius 2 is 1.91 bits per heavy atom. The van der Waals surface area contributed by atoms with Crippen LogP contribution in [0, 0.1) is 0 Å². The number of nitrogens with zero attached hydrogens (tertiary/aromatic N) is 3. The summed E-state index contributed by atoms with van der Waals surface area (Å²) in [5, 5.41) is 8.77. The summed E-state index contributed by atoms with van der Waals surface area (Å²) in [6.07, 6.45) is 5.21. The Bertz CT molecular complexity index is 1220. The third-order valence-electron chi connectivity index (χ3n) is 6.50. The summed E-state index contributed by atoms with van der Waals surface area (Å²) in [6, 6.07) is 17.5. The summed E-state index contributed by atoms with van der Waals surface area (Å²) < 4.78 is 13.3. The Labute approximate surface area is 209 Å². The van der Waals surface area contributed by atoms with Crippen molar-refractivity contribution in [2.24, 2.45) is 0 Å². The number of ether oxygens (including phenoxy) is 2. The normalized spacial score (nSPS) is 18.1. The summed E-state index contributed by atoms with van der Waals surface area (Å²) in [6.45, 7) is 1.90. The Hall–Kier alpha value is -3.26. The molecule has 35 heavy (non-hydrogen) atoms. The standard InChI is InChI=1S/C27H30N4O3S/c1-18-23(25(32)34-21-13-7-4-8-14-21)24(20-12-9-15-22(16-20)33-2)31-26(28-18)29-27(30-31)35-17-19-10-5-3-6-11-19/h3,5-6,9-12,15-16,21,24H,4,7-8,13-14,17H2,1-2H3,(H,28,29,30). The maximum Gasteiger partial charge on any atom is 0.338 e. The number of thioether (sulfide) groups is 1. The molecule has 1 aromatic heterocycles. The lowest BCUT2D eigenvalue weighted by Crippen LogP contribution is -2.32. The number of methoxy groups -OCH3 is 1. The van der Waals surface area contributed by atoms with Crippen LogP contribution >= 0.6 is 11.8 Å². The van der Waals surface area contributed by atoms with Crippen molar-refractivity contribution in [2.75, 3.05) is 12.4 Å². The number of carbonyl (C=O) groups is 1.